The Morgan fingerprint density at radius 3 is 2.32 bits per heavy atom. The van der Waals surface area contributed by atoms with Crippen molar-refractivity contribution >= 4 is 39.1 Å². The number of benzene rings is 2. The highest BCUT2D eigenvalue weighted by atomic mass is 35.5. The van der Waals surface area contributed by atoms with E-state index in [9.17, 15) is 18.0 Å². The molecule has 0 saturated carbocycles. The highest BCUT2D eigenvalue weighted by Gasteiger charge is 2.49. The van der Waals surface area contributed by atoms with Gasteiger partial charge >= 0.3 is 0 Å². The zero-order valence-electron chi connectivity index (χ0n) is 13.3. The third-order valence-electron chi connectivity index (χ3n) is 4.32. The minimum absolute atomic E-state index is 0.0183. The second kappa shape index (κ2) is 5.94. The summed E-state index contributed by atoms with van der Waals surface area (Å²) < 4.78 is 22.9. The number of amides is 2. The number of hydrogen-bond donors (Lipinski definition) is 1. The Labute approximate surface area is 150 Å². The Bertz CT molecular complexity index is 975. The minimum atomic E-state index is -3.99. The molecule has 1 aliphatic heterocycles. The number of rotatable bonds is 3. The van der Waals surface area contributed by atoms with Crippen LogP contribution in [0.4, 0.5) is 5.69 Å². The van der Waals surface area contributed by atoms with E-state index in [0.29, 0.717) is 0 Å². The quantitative estimate of drug-likeness (QED) is 0.828. The average Bonchev–Trinajstić information content (AvgIpc) is 2.77. The van der Waals surface area contributed by atoms with Gasteiger partial charge in [0, 0.05) is 6.42 Å². The fourth-order valence-corrected chi connectivity index (χ4v) is 4.06. The van der Waals surface area contributed by atoms with Crippen molar-refractivity contribution in [3.05, 3.63) is 59.1 Å². The van der Waals surface area contributed by atoms with Gasteiger partial charge in [0.2, 0.25) is 21.8 Å². The molecule has 2 N–H and O–H groups in total. The summed E-state index contributed by atoms with van der Waals surface area (Å²) in [7, 11) is -3.99. The summed E-state index contributed by atoms with van der Waals surface area (Å²) in [5, 5.41) is 4.93. The summed E-state index contributed by atoms with van der Waals surface area (Å²) in [4.78, 5) is 26.2. The summed E-state index contributed by atoms with van der Waals surface area (Å²) in [6.45, 7) is 1.71. The van der Waals surface area contributed by atoms with Crippen molar-refractivity contribution in [3.63, 3.8) is 0 Å². The van der Waals surface area contributed by atoms with E-state index in [2.05, 4.69) is 0 Å². The zero-order chi connectivity index (χ0) is 18.4. The van der Waals surface area contributed by atoms with E-state index < -0.39 is 15.4 Å². The monoisotopic (exact) mass is 378 g/mol. The Kier molecular flexibility index (Phi) is 4.18. The maximum atomic E-state index is 13.0. The standard InChI is InChI=1S/C17H15ClN2O4S/c1-17(11-5-3-2-4-6-11)10-15(21)20(16(17)22)12-7-8-14(13(18)9-12)25(19,23)24/h2-9H,10H2,1H3,(H2,19,23,24)/t17-/m1/s1. The van der Waals surface area contributed by atoms with Crippen LogP contribution < -0.4 is 10.0 Å². The van der Waals surface area contributed by atoms with Crippen LogP contribution >= 0.6 is 11.6 Å². The van der Waals surface area contributed by atoms with E-state index >= 15 is 0 Å². The van der Waals surface area contributed by atoms with Gasteiger partial charge in [-0.05, 0) is 30.7 Å². The van der Waals surface area contributed by atoms with Gasteiger partial charge in [0.05, 0.1) is 16.1 Å². The number of carbonyl (C=O) groups excluding carboxylic acids is 2. The van der Waals surface area contributed by atoms with Gasteiger partial charge in [0.1, 0.15) is 4.90 Å². The van der Waals surface area contributed by atoms with E-state index in [1.54, 1.807) is 31.2 Å². The summed E-state index contributed by atoms with van der Waals surface area (Å²) >= 11 is 5.97. The molecule has 6 nitrogen and oxygen atoms in total. The van der Waals surface area contributed by atoms with Crippen LogP contribution in [0.15, 0.2) is 53.4 Å². The summed E-state index contributed by atoms with van der Waals surface area (Å²) in [5.74, 6) is -0.765. The van der Waals surface area contributed by atoms with Gasteiger partial charge in [0.15, 0.2) is 0 Å². The molecule has 0 aliphatic carbocycles. The lowest BCUT2D eigenvalue weighted by molar-refractivity contribution is -0.122. The van der Waals surface area contributed by atoms with E-state index in [1.165, 1.54) is 18.2 Å². The van der Waals surface area contributed by atoms with Crippen LogP contribution in [-0.4, -0.2) is 20.2 Å². The highest BCUT2D eigenvalue weighted by Crippen LogP contribution is 2.39. The molecule has 8 heteroatoms. The predicted octanol–water partition coefficient (Wildman–Crippen LogP) is 2.21. The number of anilines is 1. The molecule has 0 aromatic heterocycles. The van der Waals surface area contributed by atoms with Gasteiger partial charge in [-0.25, -0.2) is 18.5 Å². The average molecular weight is 379 g/mol. The number of primary sulfonamides is 1. The fourth-order valence-electron chi connectivity index (χ4n) is 2.97. The molecule has 1 aliphatic rings. The van der Waals surface area contributed by atoms with Crippen molar-refractivity contribution in [1.29, 1.82) is 0 Å². The lowest BCUT2D eigenvalue weighted by Gasteiger charge is -2.23. The molecule has 2 amide bonds. The van der Waals surface area contributed by atoms with E-state index in [1.807, 2.05) is 6.07 Å². The molecule has 0 radical (unpaired) electrons. The van der Waals surface area contributed by atoms with Gasteiger partial charge < -0.3 is 0 Å². The zero-order valence-corrected chi connectivity index (χ0v) is 14.8. The van der Waals surface area contributed by atoms with E-state index in [-0.39, 0.29) is 33.8 Å². The molecular weight excluding hydrogens is 364 g/mol. The number of nitrogens with two attached hydrogens (primary N) is 1. The van der Waals surface area contributed by atoms with Gasteiger partial charge in [-0.1, -0.05) is 41.9 Å². The van der Waals surface area contributed by atoms with Crippen molar-refractivity contribution < 1.29 is 18.0 Å². The van der Waals surface area contributed by atoms with E-state index in [4.69, 9.17) is 16.7 Å². The SMILES string of the molecule is C[C@]1(c2ccccc2)CC(=O)N(c2ccc(S(N)(=O)=O)c(Cl)c2)C1=O. The van der Waals surface area contributed by atoms with Crippen LogP contribution in [0.1, 0.15) is 18.9 Å². The van der Waals surface area contributed by atoms with Crippen LogP contribution in [-0.2, 0) is 25.0 Å². The first-order valence-electron chi connectivity index (χ1n) is 7.40. The molecule has 0 spiro atoms. The number of nitrogens with zero attached hydrogens (tertiary/aromatic N) is 1. The van der Waals surface area contributed by atoms with Crippen molar-refractivity contribution in [3.8, 4) is 0 Å². The molecular formula is C17H15ClN2O4S. The minimum Gasteiger partial charge on any atom is -0.274 e. The Morgan fingerprint density at radius 2 is 1.76 bits per heavy atom. The van der Waals surface area contributed by atoms with Crippen molar-refractivity contribution in [2.24, 2.45) is 5.14 Å². The lowest BCUT2D eigenvalue weighted by Crippen LogP contribution is -2.36. The molecule has 0 bridgehead atoms. The Balaban J connectivity index is 2.03. The third-order valence-corrected chi connectivity index (χ3v) is 5.71. The van der Waals surface area contributed by atoms with Gasteiger partial charge in [0.25, 0.3) is 0 Å². The highest BCUT2D eigenvalue weighted by molar-refractivity contribution is 7.89. The van der Waals surface area contributed by atoms with E-state index in [0.717, 1.165) is 10.5 Å². The first-order valence-corrected chi connectivity index (χ1v) is 9.32. The number of hydrogen-bond acceptors (Lipinski definition) is 4. The number of halogens is 1. The largest absolute Gasteiger partial charge is 0.274 e. The van der Waals surface area contributed by atoms with Crippen molar-refractivity contribution in [1.82, 2.24) is 0 Å². The maximum Gasteiger partial charge on any atom is 0.244 e. The molecule has 2 aromatic rings. The molecule has 130 valence electrons. The van der Waals surface area contributed by atoms with Crippen LogP contribution in [0.2, 0.25) is 5.02 Å². The number of carbonyl (C=O) groups is 2. The number of sulfonamides is 1. The van der Waals surface area contributed by atoms with Gasteiger partial charge in [-0.2, -0.15) is 0 Å². The second-order valence-corrected chi connectivity index (χ2v) is 8.01. The molecule has 25 heavy (non-hydrogen) atoms. The maximum absolute atomic E-state index is 13.0. The summed E-state index contributed by atoms with van der Waals surface area (Å²) in [6.07, 6.45) is 0.0183. The fraction of sp³-hybridized carbons (Fsp3) is 0.176. The van der Waals surface area contributed by atoms with Crippen LogP contribution in [0.5, 0.6) is 0 Å². The topological polar surface area (TPSA) is 97.5 Å². The first-order chi connectivity index (χ1) is 11.6. The Morgan fingerprint density at radius 1 is 1.12 bits per heavy atom. The summed E-state index contributed by atoms with van der Waals surface area (Å²) in [5.41, 5.74) is -0.0289. The molecule has 1 heterocycles. The predicted molar refractivity (Wildman–Crippen MR) is 93.7 cm³/mol. The third kappa shape index (κ3) is 2.95. The molecule has 2 aromatic carbocycles. The first kappa shape index (κ1) is 17.6. The molecule has 0 unspecified atom stereocenters. The number of imide groups is 1. The second-order valence-electron chi connectivity index (χ2n) is 6.07. The van der Waals surface area contributed by atoms with Crippen LogP contribution in [0.3, 0.4) is 0 Å². The molecule has 1 saturated heterocycles. The Hall–Kier alpha value is -2.22. The normalized spacial score (nSPS) is 21.0. The van der Waals surface area contributed by atoms with Crippen LogP contribution in [0, 0.1) is 0 Å². The van der Waals surface area contributed by atoms with Crippen LogP contribution in [0.25, 0.3) is 0 Å². The van der Waals surface area contributed by atoms with Crippen molar-refractivity contribution in [2.45, 2.75) is 23.7 Å². The lowest BCUT2D eigenvalue weighted by atomic mass is 9.81. The van der Waals surface area contributed by atoms with Gasteiger partial charge in [-0.15, -0.1) is 0 Å². The molecule has 3 rings (SSSR count). The summed E-state index contributed by atoms with van der Waals surface area (Å²) in [6, 6.07) is 12.8. The van der Waals surface area contributed by atoms with Gasteiger partial charge in [-0.3, -0.25) is 9.59 Å². The smallest absolute Gasteiger partial charge is 0.244 e. The molecule has 1 fully saturated rings. The van der Waals surface area contributed by atoms with Crippen molar-refractivity contribution in [2.75, 3.05) is 4.90 Å². The molecule has 1 atom stereocenters.